The number of allylic oxidation sites excluding steroid dienone is 4. The Hall–Kier alpha value is -0.780. The van der Waals surface area contributed by atoms with Crippen LogP contribution in [-0.2, 0) is 0 Å². The van der Waals surface area contributed by atoms with Crippen LogP contribution in [0.4, 0.5) is 0 Å². The SMILES string of the molecule is C.C=C/C=C1/CCCCC1=C. The quantitative estimate of drug-likeness (QED) is 0.532. The van der Waals surface area contributed by atoms with Crippen molar-refractivity contribution in [2.45, 2.75) is 33.1 Å². The van der Waals surface area contributed by atoms with Crippen LogP contribution in [0.25, 0.3) is 0 Å². The molecule has 62 valence electrons. The lowest BCUT2D eigenvalue weighted by molar-refractivity contribution is 0.681. The fourth-order valence-electron chi connectivity index (χ4n) is 1.33. The minimum Gasteiger partial charge on any atom is -0.0991 e. The molecule has 1 saturated carbocycles. The molecule has 0 spiro atoms. The Balaban J connectivity index is 0.000001000. The zero-order valence-electron chi connectivity index (χ0n) is 6.40. The maximum Gasteiger partial charge on any atom is -0.0276 e. The molecule has 0 amide bonds. The van der Waals surface area contributed by atoms with Gasteiger partial charge in [-0.05, 0) is 31.3 Å². The summed E-state index contributed by atoms with van der Waals surface area (Å²) in [5.74, 6) is 0. The van der Waals surface area contributed by atoms with E-state index in [0.29, 0.717) is 0 Å². The van der Waals surface area contributed by atoms with Crippen LogP contribution in [0.5, 0.6) is 0 Å². The number of hydrogen-bond donors (Lipinski definition) is 0. The van der Waals surface area contributed by atoms with Crippen molar-refractivity contribution in [3.8, 4) is 0 Å². The van der Waals surface area contributed by atoms with E-state index in [1.54, 1.807) is 0 Å². The smallest absolute Gasteiger partial charge is 0.0276 e. The molecule has 1 fully saturated rings. The van der Waals surface area contributed by atoms with Crippen molar-refractivity contribution in [3.05, 3.63) is 36.5 Å². The first-order valence-electron chi connectivity index (χ1n) is 3.84. The summed E-state index contributed by atoms with van der Waals surface area (Å²) in [5, 5.41) is 0. The highest BCUT2D eigenvalue weighted by atomic mass is 14.1. The second kappa shape index (κ2) is 4.95. The van der Waals surface area contributed by atoms with Crippen LogP contribution >= 0.6 is 0 Å². The van der Waals surface area contributed by atoms with Crippen LogP contribution in [0.15, 0.2) is 36.5 Å². The third-order valence-corrected chi connectivity index (χ3v) is 1.95. The van der Waals surface area contributed by atoms with Crippen LogP contribution < -0.4 is 0 Å². The summed E-state index contributed by atoms with van der Waals surface area (Å²) < 4.78 is 0. The Labute approximate surface area is 70.3 Å². The van der Waals surface area contributed by atoms with Gasteiger partial charge in [0.15, 0.2) is 0 Å². The average Bonchev–Trinajstić information content (AvgIpc) is 1.94. The van der Waals surface area contributed by atoms with Crippen molar-refractivity contribution in [2.75, 3.05) is 0 Å². The summed E-state index contributed by atoms with van der Waals surface area (Å²) in [6, 6.07) is 0. The molecule has 0 saturated heterocycles. The van der Waals surface area contributed by atoms with Gasteiger partial charge in [0.2, 0.25) is 0 Å². The molecule has 0 aromatic carbocycles. The Morgan fingerprint density at radius 3 is 2.36 bits per heavy atom. The molecule has 0 bridgehead atoms. The van der Waals surface area contributed by atoms with E-state index in [1.165, 1.54) is 36.8 Å². The maximum absolute atomic E-state index is 4.00. The molecular weight excluding hydrogens is 132 g/mol. The first kappa shape index (κ1) is 10.2. The molecule has 0 atom stereocenters. The topological polar surface area (TPSA) is 0 Å². The van der Waals surface area contributed by atoms with E-state index in [2.05, 4.69) is 19.2 Å². The largest absolute Gasteiger partial charge is 0.0991 e. The molecule has 1 aliphatic rings. The normalized spacial score (nSPS) is 21.1. The van der Waals surface area contributed by atoms with Crippen molar-refractivity contribution in [2.24, 2.45) is 0 Å². The van der Waals surface area contributed by atoms with Gasteiger partial charge in [-0.25, -0.2) is 0 Å². The van der Waals surface area contributed by atoms with E-state index in [1.807, 2.05) is 6.08 Å². The van der Waals surface area contributed by atoms with E-state index in [-0.39, 0.29) is 7.43 Å². The van der Waals surface area contributed by atoms with Crippen LogP contribution in [0.3, 0.4) is 0 Å². The van der Waals surface area contributed by atoms with Crippen molar-refractivity contribution >= 4 is 0 Å². The van der Waals surface area contributed by atoms with Crippen LogP contribution in [0, 0.1) is 0 Å². The third kappa shape index (κ3) is 2.75. The van der Waals surface area contributed by atoms with Gasteiger partial charge in [-0.1, -0.05) is 38.3 Å². The van der Waals surface area contributed by atoms with Gasteiger partial charge in [0.05, 0.1) is 0 Å². The van der Waals surface area contributed by atoms with Gasteiger partial charge >= 0.3 is 0 Å². The molecule has 0 N–H and O–H groups in total. The molecule has 1 aliphatic carbocycles. The Morgan fingerprint density at radius 1 is 1.18 bits per heavy atom. The lowest BCUT2D eigenvalue weighted by Gasteiger charge is -2.15. The molecule has 0 unspecified atom stereocenters. The standard InChI is InChI=1S/C10H14.CH4/c1-3-6-10-8-5-4-7-9(10)2;/h3,6H,1-2,4-5,7-8H2;1H4/b10-6-;. The predicted octanol–water partition coefficient (Wildman–Crippen LogP) is 3.87. The maximum atomic E-state index is 4.00. The first-order chi connectivity index (χ1) is 4.84. The van der Waals surface area contributed by atoms with Gasteiger partial charge in [0.1, 0.15) is 0 Å². The van der Waals surface area contributed by atoms with E-state index >= 15 is 0 Å². The molecule has 0 aliphatic heterocycles. The van der Waals surface area contributed by atoms with Gasteiger partial charge in [-0.2, -0.15) is 0 Å². The monoisotopic (exact) mass is 150 g/mol. The Kier molecular flexibility index (Phi) is 4.60. The molecule has 11 heavy (non-hydrogen) atoms. The molecule has 0 heteroatoms. The number of rotatable bonds is 1. The van der Waals surface area contributed by atoms with Gasteiger partial charge < -0.3 is 0 Å². The van der Waals surface area contributed by atoms with E-state index in [0.717, 1.165) is 0 Å². The van der Waals surface area contributed by atoms with Crippen molar-refractivity contribution in [1.82, 2.24) is 0 Å². The lowest BCUT2D eigenvalue weighted by atomic mass is 9.90. The minimum atomic E-state index is 0. The van der Waals surface area contributed by atoms with Crippen LogP contribution in [0.2, 0.25) is 0 Å². The zero-order valence-corrected chi connectivity index (χ0v) is 6.40. The van der Waals surface area contributed by atoms with Gasteiger partial charge in [-0.15, -0.1) is 0 Å². The fourth-order valence-corrected chi connectivity index (χ4v) is 1.33. The number of hydrogen-bond acceptors (Lipinski definition) is 0. The molecule has 0 heterocycles. The highest BCUT2D eigenvalue weighted by Crippen LogP contribution is 2.26. The second-order valence-electron chi connectivity index (χ2n) is 2.74. The van der Waals surface area contributed by atoms with Crippen molar-refractivity contribution < 1.29 is 0 Å². The minimum absolute atomic E-state index is 0. The predicted molar refractivity (Wildman–Crippen MR) is 52.6 cm³/mol. The van der Waals surface area contributed by atoms with Crippen LogP contribution in [-0.4, -0.2) is 0 Å². The molecular formula is C11H18. The summed E-state index contributed by atoms with van der Waals surface area (Å²) in [4.78, 5) is 0. The highest BCUT2D eigenvalue weighted by molar-refractivity contribution is 5.32. The van der Waals surface area contributed by atoms with E-state index < -0.39 is 0 Å². The van der Waals surface area contributed by atoms with E-state index in [4.69, 9.17) is 0 Å². The first-order valence-corrected chi connectivity index (χ1v) is 3.84. The molecule has 0 aromatic rings. The summed E-state index contributed by atoms with van der Waals surface area (Å²) >= 11 is 0. The zero-order chi connectivity index (χ0) is 7.40. The Morgan fingerprint density at radius 2 is 1.82 bits per heavy atom. The van der Waals surface area contributed by atoms with Gasteiger partial charge in [0.25, 0.3) is 0 Å². The average molecular weight is 150 g/mol. The van der Waals surface area contributed by atoms with Crippen molar-refractivity contribution in [3.63, 3.8) is 0 Å². The van der Waals surface area contributed by atoms with Gasteiger partial charge in [-0.3, -0.25) is 0 Å². The molecule has 1 rings (SSSR count). The second-order valence-corrected chi connectivity index (χ2v) is 2.74. The Bertz CT molecular complexity index is 172. The van der Waals surface area contributed by atoms with Gasteiger partial charge in [0, 0.05) is 0 Å². The molecule has 0 aromatic heterocycles. The molecule has 0 radical (unpaired) electrons. The van der Waals surface area contributed by atoms with Crippen molar-refractivity contribution in [1.29, 1.82) is 0 Å². The fraction of sp³-hybridized carbons (Fsp3) is 0.455. The highest BCUT2D eigenvalue weighted by Gasteiger charge is 2.07. The molecule has 0 nitrogen and oxygen atoms in total. The lowest BCUT2D eigenvalue weighted by Crippen LogP contribution is -1.96. The summed E-state index contributed by atoms with van der Waals surface area (Å²) in [6.07, 6.45) is 8.95. The van der Waals surface area contributed by atoms with E-state index in [9.17, 15) is 0 Å². The van der Waals surface area contributed by atoms with Crippen LogP contribution in [0.1, 0.15) is 33.1 Å². The third-order valence-electron chi connectivity index (χ3n) is 1.95. The summed E-state index contributed by atoms with van der Waals surface area (Å²) in [7, 11) is 0. The summed E-state index contributed by atoms with van der Waals surface area (Å²) in [5.41, 5.74) is 2.72. The summed E-state index contributed by atoms with van der Waals surface area (Å²) in [6.45, 7) is 7.67.